The van der Waals surface area contributed by atoms with Gasteiger partial charge in [0.2, 0.25) is 0 Å². The van der Waals surface area contributed by atoms with Crippen LogP contribution in [0.1, 0.15) is 6.92 Å². The highest BCUT2D eigenvalue weighted by molar-refractivity contribution is 5.22. The van der Waals surface area contributed by atoms with Crippen molar-refractivity contribution in [1.29, 1.82) is 0 Å². The molecule has 0 saturated heterocycles. The molecule has 7 nitrogen and oxygen atoms in total. The second-order valence-electron chi connectivity index (χ2n) is 2.87. The SMILES string of the molecule is CC(Nc1nnc(N)nn1)N(C)C. The second-order valence-corrected chi connectivity index (χ2v) is 2.87. The highest BCUT2D eigenvalue weighted by atomic mass is 15.4. The van der Waals surface area contributed by atoms with Crippen LogP contribution in [0.4, 0.5) is 11.9 Å². The fourth-order valence-electron chi connectivity index (χ4n) is 0.611. The minimum Gasteiger partial charge on any atom is -0.365 e. The van der Waals surface area contributed by atoms with Gasteiger partial charge in [-0.2, -0.15) is 0 Å². The summed E-state index contributed by atoms with van der Waals surface area (Å²) in [6, 6.07) is 0. The third-order valence-corrected chi connectivity index (χ3v) is 1.61. The molecule has 0 aromatic carbocycles. The number of hydrogen-bond donors (Lipinski definition) is 2. The molecule has 1 unspecified atom stereocenters. The molecule has 0 saturated carbocycles. The number of aromatic nitrogens is 4. The summed E-state index contributed by atoms with van der Waals surface area (Å²) in [5.74, 6) is 0.443. The van der Waals surface area contributed by atoms with Gasteiger partial charge in [-0.05, 0) is 21.0 Å². The average Bonchev–Trinajstić information content (AvgIpc) is 2.08. The zero-order chi connectivity index (χ0) is 9.84. The number of hydrogen-bond acceptors (Lipinski definition) is 7. The molecular weight excluding hydrogens is 170 g/mol. The van der Waals surface area contributed by atoms with E-state index in [1.807, 2.05) is 25.9 Å². The van der Waals surface area contributed by atoms with Crippen LogP contribution in [0.5, 0.6) is 0 Å². The van der Waals surface area contributed by atoms with Gasteiger partial charge in [0.15, 0.2) is 0 Å². The van der Waals surface area contributed by atoms with Crippen LogP contribution in [0.3, 0.4) is 0 Å². The number of nitrogens with two attached hydrogens (primary N) is 1. The first-order valence-corrected chi connectivity index (χ1v) is 3.85. The molecule has 3 N–H and O–H groups in total. The number of nitrogen functional groups attached to an aromatic ring is 1. The Kier molecular flexibility index (Phi) is 2.91. The molecule has 0 radical (unpaired) electrons. The Morgan fingerprint density at radius 3 is 2.23 bits per heavy atom. The van der Waals surface area contributed by atoms with Gasteiger partial charge in [-0.15, -0.1) is 20.4 Å². The molecule has 0 aliphatic carbocycles. The van der Waals surface area contributed by atoms with Crippen molar-refractivity contribution in [3.8, 4) is 0 Å². The third kappa shape index (κ3) is 2.79. The van der Waals surface area contributed by atoms with Crippen LogP contribution in [0.25, 0.3) is 0 Å². The fourth-order valence-corrected chi connectivity index (χ4v) is 0.611. The van der Waals surface area contributed by atoms with Crippen LogP contribution in [-0.4, -0.2) is 45.6 Å². The van der Waals surface area contributed by atoms with Crippen molar-refractivity contribution in [2.75, 3.05) is 25.1 Å². The normalized spacial score (nSPS) is 12.9. The molecule has 1 heterocycles. The summed E-state index contributed by atoms with van der Waals surface area (Å²) in [5, 5.41) is 17.5. The Morgan fingerprint density at radius 2 is 1.77 bits per heavy atom. The Balaban J connectivity index is 2.59. The predicted molar refractivity (Wildman–Crippen MR) is 48.8 cm³/mol. The van der Waals surface area contributed by atoms with Crippen molar-refractivity contribution < 1.29 is 0 Å². The summed E-state index contributed by atoms with van der Waals surface area (Å²) < 4.78 is 0. The third-order valence-electron chi connectivity index (χ3n) is 1.61. The van der Waals surface area contributed by atoms with Crippen LogP contribution in [0.2, 0.25) is 0 Å². The maximum absolute atomic E-state index is 5.23. The van der Waals surface area contributed by atoms with Crippen molar-refractivity contribution in [1.82, 2.24) is 25.3 Å². The minimum absolute atomic E-state index is 0.0723. The van der Waals surface area contributed by atoms with Gasteiger partial charge in [0.25, 0.3) is 11.9 Å². The highest BCUT2D eigenvalue weighted by Crippen LogP contribution is 1.98. The van der Waals surface area contributed by atoms with Gasteiger partial charge < -0.3 is 11.1 Å². The lowest BCUT2D eigenvalue weighted by Crippen LogP contribution is -2.33. The molecule has 0 amide bonds. The number of rotatable bonds is 3. The van der Waals surface area contributed by atoms with Gasteiger partial charge in [0.1, 0.15) is 0 Å². The van der Waals surface area contributed by atoms with Gasteiger partial charge in [-0.25, -0.2) is 0 Å². The summed E-state index contributed by atoms with van der Waals surface area (Å²) in [7, 11) is 3.88. The van der Waals surface area contributed by atoms with Crippen molar-refractivity contribution in [2.45, 2.75) is 13.1 Å². The second kappa shape index (κ2) is 3.94. The average molecular weight is 183 g/mol. The van der Waals surface area contributed by atoms with Crippen molar-refractivity contribution in [2.24, 2.45) is 0 Å². The molecule has 1 atom stereocenters. The lowest BCUT2D eigenvalue weighted by atomic mass is 10.5. The topological polar surface area (TPSA) is 92.8 Å². The summed E-state index contributed by atoms with van der Waals surface area (Å²) >= 11 is 0. The van der Waals surface area contributed by atoms with Crippen LogP contribution >= 0.6 is 0 Å². The van der Waals surface area contributed by atoms with Gasteiger partial charge >= 0.3 is 0 Å². The van der Waals surface area contributed by atoms with Crippen LogP contribution in [0, 0.1) is 0 Å². The van der Waals surface area contributed by atoms with E-state index in [1.54, 1.807) is 0 Å². The standard InChI is InChI=1S/C6H13N7/c1-4(13(2)3)8-6-11-9-5(7)10-12-6/h4H,1-3H3,(H2,7,9,10)(H,8,11,12). The first kappa shape index (κ1) is 9.59. The minimum atomic E-state index is 0.0723. The first-order valence-electron chi connectivity index (χ1n) is 3.85. The molecular formula is C6H13N7. The Hall–Kier alpha value is -1.50. The molecule has 13 heavy (non-hydrogen) atoms. The predicted octanol–water partition coefficient (Wildman–Crippen LogP) is -0.832. The molecule has 0 bridgehead atoms. The van der Waals surface area contributed by atoms with Crippen molar-refractivity contribution >= 4 is 11.9 Å². The number of nitrogens with zero attached hydrogens (tertiary/aromatic N) is 5. The van der Waals surface area contributed by atoms with E-state index in [0.717, 1.165) is 0 Å². The molecule has 0 spiro atoms. The number of nitrogens with one attached hydrogen (secondary N) is 1. The van der Waals surface area contributed by atoms with Crippen LogP contribution in [0.15, 0.2) is 0 Å². The maximum Gasteiger partial charge on any atom is 0.263 e. The molecule has 7 heteroatoms. The first-order chi connectivity index (χ1) is 6.09. The largest absolute Gasteiger partial charge is 0.365 e. The quantitative estimate of drug-likeness (QED) is 0.590. The smallest absolute Gasteiger partial charge is 0.263 e. The molecule has 72 valence electrons. The van der Waals surface area contributed by atoms with Gasteiger partial charge in [-0.1, -0.05) is 0 Å². The molecule has 1 rings (SSSR count). The summed E-state index contributed by atoms with van der Waals surface area (Å²) in [6.07, 6.45) is 0.118. The molecule has 0 aliphatic heterocycles. The molecule has 0 aliphatic rings. The Bertz CT molecular complexity index is 256. The highest BCUT2D eigenvalue weighted by Gasteiger charge is 2.05. The van der Waals surface area contributed by atoms with Crippen LogP contribution < -0.4 is 11.1 Å². The number of anilines is 2. The van der Waals surface area contributed by atoms with Gasteiger partial charge in [0.05, 0.1) is 6.17 Å². The van der Waals surface area contributed by atoms with E-state index >= 15 is 0 Å². The summed E-state index contributed by atoms with van der Waals surface area (Å²) in [4.78, 5) is 1.97. The Morgan fingerprint density at radius 1 is 1.23 bits per heavy atom. The molecule has 1 aromatic rings. The van der Waals surface area contributed by atoms with Gasteiger partial charge in [-0.3, -0.25) is 4.90 Å². The van der Waals surface area contributed by atoms with E-state index in [0.29, 0.717) is 5.95 Å². The van der Waals surface area contributed by atoms with Crippen molar-refractivity contribution in [3.63, 3.8) is 0 Å². The molecule has 1 aromatic heterocycles. The van der Waals surface area contributed by atoms with E-state index < -0.39 is 0 Å². The summed E-state index contributed by atoms with van der Waals surface area (Å²) in [6.45, 7) is 1.97. The van der Waals surface area contributed by atoms with Crippen LogP contribution in [-0.2, 0) is 0 Å². The van der Waals surface area contributed by atoms with E-state index in [2.05, 4.69) is 25.7 Å². The zero-order valence-corrected chi connectivity index (χ0v) is 7.89. The molecule has 0 fully saturated rings. The summed E-state index contributed by atoms with van der Waals surface area (Å²) in [5.41, 5.74) is 5.23. The fraction of sp³-hybridized carbons (Fsp3) is 0.667. The van der Waals surface area contributed by atoms with E-state index in [-0.39, 0.29) is 12.1 Å². The zero-order valence-electron chi connectivity index (χ0n) is 7.89. The van der Waals surface area contributed by atoms with E-state index in [4.69, 9.17) is 5.73 Å². The van der Waals surface area contributed by atoms with E-state index in [1.165, 1.54) is 0 Å². The van der Waals surface area contributed by atoms with E-state index in [9.17, 15) is 0 Å². The van der Waals surface area contributed by atoms with Crippen molar-refractivity contribution in [3.05, 3.63) is 0 Å². The maximum atomic E-state index is 5.23. The van der Waals surface area contributed by atoms with Gasteiger partial charge in [0, 0.05) is 0 Å². The lowest BCUT2D eigenvalue weighted by molar-refractivity contribution is 0.341. The monoisotopic (exact) mass is 183 g/mol. The Labute approximate surface area is 76.4 Å². The lowest BCUT2D eigenvalue weighted by Gasteiger charge is -2.19.